The second-order valence-corrected chi connectivity index (χ2v) is 8.29. The number of nitrogens with one attached hydrogen (secondary N) is 2. The molecule has 0 saturated carbocycles. The molecule has 1 aliphatic heterocycles. The van der Waals surface area contributed by atoms with Gasteiger partial charge >= 0.3 is 0 Å². The highest BCUT2D eigenvalue weighted by Gasteiger charge is 2.38. The Morgan fingerprint density at radius 3 is 2.32 bits per heavy atom. The Bertz CT molecular complexity index is 867. The third-order valence-electron chi connectivity index (χ3n) is 4.70. The molecular formula is C19H26N4O2. The van der Waals surface area contributed by atoms with E-state index >= 15 is 0 Å². The molecule has 2 heterocycles. The molecule has 0 spiro atoms. The van der Waals surface area contributed by atoms with E-state index in [-0.39, 0.29) is 28.6 Å². The fourth-order valence-corrected chi connectivity index (χ4v) is 4.15. The SMILES string of the molecule is Cn1nc(C(=O)NC2CC(C)(C)NC(C)(C)C2)c2ccccc2c1=O. The molecule has 0 unspecified atom stereocenters. The highest BCUT2D eigenvalue weighted by Crippen LogP contribution is 2.28. The zero-order chi connectivity index (χ0) is 18.4. The van der Waals surface area contributed by atoms with Gasteiger partial charge in [0, 0.05) is 29.6 Å². The first-order valence-corrected chi connectivity index (χ1v) is 8.64. The number of fused-ring (bicyclic) bond motifs is 1. The lowest BCUT2D eigenvalue weighted by atomic mass is 9.79. The summed E-state index contributed by atoms with van der Waals surface area (Å²) in [5, 5.41) is 12.1. The summed E-state index contributed by atoms with van der Waals surface area (Å²) in [7, 11) is 1.57. The molecule has 6 nitrogen and oxygen atoms in total. The van der Waals surface area contributed by atoms with Crippen LogP contribution in [0, 0.1) is 0 Å². The van der Waals surface area contributed by atoms with Crippen LogP contribution in [-0.4, -0.2) is 32.8 Å². The number of rotatable bonds is 2. The van der Waals surface area contributed by atoms with Crippen LogP contribution in [-0.2, 0) is 7.05 Å². The van der Waals surface area contributed by atoms with Gasteiger partial charge in [-0.2, -0.15) is 5.10 Å². The molecule has 1 saturated heterocycles. The van der Waals surface area contributed by atoms with Crippen molar-refractivity contribution in [3.63, 3.8) is 0 Å². The van der Waals surface area contributed by atoms with Crippen LogP contribution >= 0.6 is 0 Å². The van der Waals surface area contributed by atoms with E-state index in [9.17, 15) is 9.59 Å². The molecule has 0 bridgehead atoms. The maximum Gasteiger partial charge on any atom is 0.274 e. The van der Waals surface area contributed by atoms with Crippen LogP contribution in [0.2, 0.25) is 0 Å². The minimum atomic E-state index is -0.231. The van der Waals surface area contributed by atoms with Crippen LogP contribution in [0.5, 0.6) is 0 Å². The molecule has 2 N–H and O–H groups in total. The molecule has 3 rings (SSSR count). The van der Waals surface area contributed by atoms with Crippen molar-refractivity contribution in [3.05, 3.63) is 40.3 Å². The Labute approximate surface area is 147 Å². The first-order chi connectivity index (χ1) is 11.6. The van der Waals surface area contributed by atoms with E-state index < -0.39 is 0 Å². The summed E-state index contributed by atoms with van der Waals surface area (Å²) in [4.78, 5) is 25.1. The average molecular weight is 342 g/mol. The molecule has 1 aromatic carbocycles. The number of hydrogen-bond acceptors (Lipinski definition) is 4. The Morgan fingerprint density at radius 2 is 1.72 bits per heavy atom. The van der Waals surface area contributed by atoms with Gasteiger partial charge in [0.2, 0.25) is 0 Å². The molecule has 1 aliphatic rings. The second kappa shape index (κ2) is 5.95. The number of carbonyl (C=O) groups excluding carboxylic acids is 1. The number of carbonyl (C=O) groups is 1. The van der Waals surface area contributed by atoms with E-state index in [0.29, 0.717) is 16.5 Å². The largest absolute Gasteiger partial charge is 0.348 e. The second-order valence-electron chi connectivity index (χ2n) is 8.29. The van der Waals surface area contributed by atoms with Gasteiger partial charge < -0.3 is 10.6 Å². The minimum Gasteiger partial charge on any atom is -0.348 e. The molecule has 0 radical (unpaired) electrons. The van der Waals surface area contributed by atoms with Crippen molar-refractivity contribution in [2.75, 3.05) is 0 Å². The van der Waals surface area contributed by atoms with Gasteiger partial charge in [-0.1, -0.05) is 18.2 Å². The van der Waals surface area contributed by atoms with E-state index in [1.54, 1.807) is 25.2 Å². The number of aryl methyl sites for hydroxylation is 1. The van der Waals surface area contributed by atoms with E-state index in [1.807, 2.05) is 6.07 Å². The van der Waals surface area contributed by atoms with Crippen molar-refractivity contribution >= 4 is 16.7 Å². The van der Waals surface area contributed by atoms with Crippen LogP contribution in [0.1, 0.15) is 51.0 Å². The van der Waals surface area contributed by atoms with Crippen molar-refractivity contribution in [1.29, 1.82) is 0 Å². The number of hydrogen-bond donors (Lipinski definition) is 2. The summed E-state index contributed by atoms with van der Waals surface area (Å²) >= 11 is 0. The lowest BCUT2D eigenvalue weighted by Gasteiger charge is -2.46. The van der Waals surface area contributed by atoms with E-state index in [2.05, 4.69) is 43.4 Å². The summed E-state index contributed by atoms with van der Waals surface area (Å²) in [5.74, 6) is -0.231. The smallest absolute Gasteiger partial charge is 0.274 e. The quantitative estimate of drug-likeness (QED) is 0.875. The molecule has 0 atom stereocenters. The highest BCUT2D eigenvalue weighted by molar-refractivity contribution is 6.04. The Morgan fingerprint density at radius 1 is 1.16 bits per heavy atom. The zero-order valence-corrected chi connectivity index (χ0v) is 15.5. The van der Waals surface area contributed by atoms with Gasteiger partial charge in [-0.3, -0.25) is 9.59 Å². The average Bonchev–Trinajstić information content (AvgIpc) is 2.47. The monoisotopic (exact) mass is 342 g/mol. The molecular weight excluding hydrogens is 316 g/mol. The van der Waals surface area contributed by atoms with Gasteiger partial charge in [0.15, 0.2) is 5.69 Å². The lowest BCUT2D eigenvalue weighted by Crippen LogP contribution is -2.62. The Kier molecular flexibility index (Phi) is 4.19. The summed E-state index contributed by atoms with van der Waals surface area (Å²) in [6, 6.07) is 7.17. The van der Waals surface area contributed by atoms with Gasteiger partial charge in [0.25, 0.3) is 11.5 Å². The predicted molar refractivity (Wildman–Crippen MR) is 98.8 cm³/mol. The topological polar surface area (TPSA) is 76.0 Å². The highest BCUT2D eigenvalue weighted by atomic mass is 16.2. The summed E-state index contributed by atoms with van der Waals surface area (Å²) in [6.45, 7) is 8.58. The molecule has 2 aromatic rings. The fourth-order valence-electron chi connectivity index (χ4n) is 4.15. The molecule has 1 amide bonds. The Hall–Kier alpha value is -2.21. The number of aromatic nitrogens is 2. The maximum atomic E-state index is 12.9. The van der Waals surface area contributed by atoms with Gasteiger partial charge in [-0.05, 0) is 46.6 Å². The van der Waals surface area contributed by atoms with Crippen LogP contribution in [0.3, 0.4) is 0 Å². The first kappa shape index (κ1) is 17.6. The fraction of sp³-hybridized carbons (Fsp3) is 0.526. The molecule has 25 heavy (non-hydrogen) atoms. The number of amides is 1. The van der Waals surface area contributed by atoms with Crippen molar-refractivity contribution in [2.45, 2.75) is 57.7 Å². The number of piperidine rings is 1. The summed E-state index contributed by atoms with van der Waals surface area (Å²) in [5.41, 5.74) is -0.0135. The molecule has 1 aromatic heterocycles. The molecule has 6 heteroatoms. The van der Waals surface area contributed by atoms with Crippen LogP contribution in [0.4, 0.5) is 0 Å². The van der Waals surface area contributed by atoms with Crippen LogP contribution in [0.15, 0.2) is 29.1 Å². The normalized spacial score (nSPS) is 19.7. The van der Waals surface area contributed by atoms with Gasteiger partial charge in [-0.25, -0.2) is 4.68 Å². The van der Waals surface area contributed by atoms with Crippen molar-refractivity contribution in [1.82, 2.24) is 20.4 Å². The predicted octanol–water partition coefficient (Wildman–Crippen LogP) is 1.97. The van der Waals surface area contributed by atoms with Crippen molar-refractivity contribution in [3.8, 4) is 0 Å². The molecule has 0 aliphatic carbocycles. The van der Waals surface area contributed by atoms with Crippen molar-refractivity contribution in [2.24, 2.45) is 7.05 Å². The summed E-state index contributed by atoms with van der Waals surface area (Å²) < 4.78 is 1.23. The van der Waals surface area contributed by atoms with Gasteiger partial charge in [0.05, 0.1) is 5.39 Å². The third kappa shape index (κ3) is 3.58. The van der Waals surface area contributed by atoms with Crippen molar-refractivity contribution < 1.29 is 4.79 Å². The van der Waals surface area contributed by atoms with E-state index in [1.165, 1.54) is 4.68 Å². The number of benzene rings is 1. The van der Waals surface area contributed by atoms with E-state index in [4.69, 9.17) is 0 Å². The van der Waals surface area contributed by atoms with Gasteiger partial charge in [-0.15, -0.1) is 0 Å². The van der Waals surface area contributed by atoms with Crippen LogP contribution in [0.25, 0.3) is 10.8 Å². The number of nitrogens with zero attached hydrogens (tertiary/aromatic N) is 2. The molecule has 1 fully saturated rings. The van der Waals surface area contributed by atoms with E-state index in [0.717, 1.165) is 12.8 Å². The Balaban J connectivity index is 1.93. The molecule has 134 valence electrons. The first-order valence-electron chi connectivity index (χ1n) is 8.64. The minimum absolute atomic E-state index is 0.0524. The third-order valence-corrected chi connectivity index (χ3v) is 4.70. The lowest BCUT2D eigenvalue weighted by molar-refractivity contribution is 0.0868. The summed E-state index contributed by atoms with van der Waals surface area (Å²) in [6.07, 6.45) is 1.68. The standard InChI is InChI=1S/C19H26N4O2/c1-18(2)10-12(11-19(3,4)22-18)20-16(24)15-13-8-6-7-9-14(13)17(25)23(5)21-15/h6-9,12,22H,10-11H2,1-5H3,(H,20,24). The van der Waals surface area contributed by atoms with Gasteiger partial charge in [0.1, 0.15) is 0 Å². The maximum absolute atomic E-state index is 12.9. The zero-order valence-electron chi connectivity index (χ0n) is 15.5. The van der Waals surface area contributed by atoms with Crippen LogP contribution < -0.4 is 16.2 Å².